The van der Waals surface area contributed by atoms with Crippen molar-refractivity contribution in [3.63, 3.8) is 0 Å². The van der Waals surface area contributed by atoms with Crippen LogP contribution in [0.25, 0.3) is 0 Å². The predicted octanol–water partition coefficient (Wildman–Crippen LogP) is 4.17. The zero-order valence-electron chi connectivity index (χ0n) is 14.7. The third-order valence-electron chi connectivity index (χ3n) is 3.83. The number of hydrogen-bond acceptors (Lipinski definition) is 2. The highest BCUT2D eigenvalue weighted by molar-refractivity contribution is 5.91. The number of rotatable bonds is 6. The average molecular weight is 306 g/mol. The summed E-state index contributed by atoms with van der Waals surface area (Å²) in [5, 5.41) is 12.4. The lowest BCUT2D eigenvalue weighted by atomic mass is 9.93. The lowest BCUT2D eigenvalue weighted by Crippen LogP contribution is -2.34. The summed E-state index contributed by atoms with van der Waals surface area (Å²) in [6.07, 6.45) is 0.177. The van der Waals surface area contributed by atoms with E-state index in [9.17, 15) is 9.90 Å². The molecule has 2 amide bonds. The smallest absolute Gasteiger partial charge is 0.321 e. The van der Waals surface area contributed by atoms with Gasteiger partial charge in [-0.2, -0.15) is 0 Å². The first-order valence-electron chi connectivity index (χ1n) is 8.07. The first-order valence-corrected chi connectivity index (χ1v) is 8.07. The van der Waals surface area contributed by atoms with Crippen molar-refractivity contribution in [2.24, 2.45) is 0 Å². The topological polar surface area (TPSA) is 52.6 Å². The number of urea groups is 1. The van der Waals surface area contributed by atoms with Crippen molar-refractivity contribution in [2.45, 2.75) is 59.0 Å². The third-order valence-corrected chi connectivity index (χ3v) is 3.83. The fraction of sp³-hybridized carbons (Fsp3) is 0.611. The fourth-order valence-electron chi connectivity index (χ4n) is 2.38. The van der Waals surface area contributed by atoms with Crippen LogP contribution in [0.5, 0.6) is 0 Å². The van der Waals surface area contributed by atoms with Gasteiger partial charge in [0.05, 0.1) is 6.10 Å². The standard InChI is InChI=1S/C18H30N2O2/c1-12(2)15-8-7-9-16(13(3)4)17(15)19-18(22)20(6)11-10-14(5)21/h7-9,12-14,21H,10-11H2,1-6H3,(H,19,22). The van der Waals surface area contributed by atoms with Crippen LogP contribution in [0.1, 0.15) is 64.0 Å². The Kier molecular flexibility index (Phi) is 6.88. The lowest BCUT2D eigenvalue weighted by Gasteiger charge is -2.24. The number of para-hydroxylation sites is 1. The van der Waals surface area contributed by atoms with Crippen molar-refractivity contribution in [3.8, 4) is 0 Å². The Morgan fingerprint density at radius 2 is 1.64 bits per heavy atom. The van der Waals surface area contributed by atoms with Crippen LogP contribution in [0.4, 0.5) is 10.5 Å². The second-order valence-electron chi connectivity index (χ2n) is 6.61. The molecule has 0 fully saturated rings. The van der Waals surface area contributed by atoms with Gasteiger partial charge in [-0.1, -0.05) is 45.9 Å². The number of amides is 2. The number of anilines is 1. The molecule has 0 aliphatic carbocycles. The summed E-state index contributed by atoms with van der Waals surface area (Å²) in [7, 11) is 1.75. The van der Waals surface area contributed by atoms with Crippen LogP contribution in [0.2, 0.25) is 0 Å². The number of aliphatic hydroxyl groups excluding tert-OH is 1. The van der Waals surface area contributed by atoms with Crippen molar-refractivity contribution in [3.05, 3.63) is 29.3 Å². The van der Waals surface area contributed by atoms with E-state index in [1.165, 1.54) is 0 Å². The number of carbonyl (C=O) groups is 1. The number of hydrogen-bond donors (Lipinski definition) is 2. The van der Waals surface area contributed by atoms with Crippen molar-refractivity contribution >= 4 is 11.7 Å². The van der Waals surface area contributed by atoms with Gasteiger partial charge in [0.2, 0.25) is 0 Å². The Balaban J connectivity index is 2.97. The molecule has 1 rings (SSSR count). The molecule has 124 valence electrons. The van der Waals surface area contributed by atoms with E-state index in [1.807, 2.05) is 0 Å². The molecule has 0 spiro atoms. The normalized spacial score (nSPS) is 12.6. The van der Waals surface area contributed by atoms with E-state index in [0.717, 1.165) is 16.8 Å². The molecule has 1 unspecified atom stereocenters. The molecule has 1 atom stereocenters. The van der Waals surface area contributed by atoms with Gasteiger partial charge in [0.1, 0.15) is 0 Å². The van der Waals surface area contributed by atoms with Gasteiger partial charge in [-0.25, -0.2) is 4.79 Å². The second kappa shape index (κ2) is 8.18. The lowest BCUT2D eigenvalue weighted by molar-refractivity contribution is 0.167. The first kappa shape index (κ1) is 18.5. The van der Waals surface area contributed by atoms with Gasteiger partial charge in [-0.05, 0) is 36.3 Å². The Hall–Kier alpha value is -1.55. The number of benzene rings is 1. The molecule has 22 heavy (non-hydrogen) atoms. The largest absolute Gasteiger partial charge is 0.393 e. The summed E-state index contributed by atoms with van der Waals surface area (Å²) < 4.78 is 0. The summed E-state index contributed by atoms with van der Waals surface area (Å²) in [6.45, 7) is 10.8. The second-order valence-corrected chi connectivity index (χ2v) is 6.61. The van der Waals surface area contributed by atoms with E-state index in [0.29, 0.717) is 24.8 Å². The minimum absolute atomic E-state index is 0.129. The maximum absolute atomic E-state index is 12.4. The Morgan fingerprint density at radius 3 is 2.05 bits per heavy atom. The molecule has 0 bridgehead atoms. The number of aliphatic hydroxyl groups is 1. The van der Waals surface area contributed by atoms with E-state index in [4.69, 9.17) is 0 Å². The van der Waals surface area contributed by atoms with E-state index in [2.05, 4.69) is 51.2 Å². The van der Waals surface area contributed by atoms with E-state index in [1.54, 1.807) is 18.9 Å². The molecule has 2 N–H and O–H groups in total. The highest BCUT2D eigenvalue weighted by Crippen LogP contribution is 2.32. The summed E-state index contributed by atoms with van der Waals surface area (Å²) in [5.41, 5.74) is 3.24. The van der Waals surface area contributed by atoms with E-state index >= 15 is 0 Å². The van der Waals surface area contributed by atoms with Crippen LogP contribution in [0, 0.1) is 0 Å². The fourth-order valence-corrected chi connectivity index (χ4v) is 2.38. The quantitative estimate of drug-likeness (QED) is 0.829. The van der Waals surface area contributed by atoms with Crippen LogP contribution in [0.15, 0.2) is 18.2 Å². The highest BCUT2D eigenvalue weighted by atomic mass is 16.3. The molecular formula is C18H30N2O2. The van der Waals surface area contributed by atoms with Gasteiger partial charge in [-0.3, -0.25) is 0 Å². The van der Waals surface area contributed by atoms with Crippen LogP contribution < -0.4 is 5.32 Å². The van der Waals surface area contributed by atoms with Crippen molar-refractivity contribution in [1.82, 2.24) is 4.90 Å². The zero-order chi connectivity index (χ0) is 16.9. The average Bonchev–Trinajstić information content (AvgIpc) is 2.44. The van der Waals surface area contributed by atoms with Gasteiger partial charge < -0.3 is 15.3 Å². The zero-order valence-corrected chi connectivity index (χ0v) is 14.7. The van der Waals surface area contributed by atoms with Gasteiger partial charge in [0.25, 0.3) is 0 Å². The molecule has 4 nitrogen and oxygen atoms in total. The Bertz CT molecular complexity index is 470. The van der Waals surface area contributed by atoms with Crippen LogP contribution in [-0.2, 0) is 0 Å². The maximum Gasteiger partial charge on any atom is 0.321 e. The van der Waals surface area contributed by atoms with Crippen LogP contribution in [-0.4, -0.2) is 35.7 Å². The molecule has 0 heterocycles. The van der Waals surface area contributed by atoms with E-state index in [-0.39, 0.29) is 6.03 Å². The molecule has 0 saturated heterocycles. The molecule has 1 aromatic carbocycles. The van der Waals surface area contributed by atoms with E-state index < -0.39 is 6.10 Å². The summed E-state index contributed by atoms with van der Waals surface area (Å²) in [5.74, 6) is 0.688. The molecule has 0 aromatic heterocycles. The SMILES string of the molecule is CC(O)CCN(C)C(=O)Nc1c(C(C)C)cccc1C(C)C. The van der Waals surface area contributed by atoms with Gasteiger partial charge in [-0.15, -0.1) is 0 Å². The number of nitrogens with one attached hydrogen (secondary N) is 1. The van der Waals surface area contributed by atoms with Gasteiger partial charge >= 0.3 is 6.03 Å². The molecule has 0 aliphatic heterocycles. The summed E-state index contributed by atoms with van der Waals surface area (Å²) in [6, 6.07) is 6.07. The van der Waals surface area contributed by atoms with Crippen LogP contribution >= 0.6 is 0 Å². The summed E-state index contributed by atoms with van der Waals surface area (Å²) >= 11 is 0. The number of carbonyl (C=O) groups excluding carboxylic acids is 1. The highest BCUT2D eigenvalue weighted by Gasteiger charge is 2.17. The molecule has 0 saturated carbocycles. The maximum atomic E-state index is 12.4. The van der Waals surface area contributed by atoms with Gasteiger partial charge in [0, 0.05) is 19.3 Å². The predicted molar refractivity (Wildman–Crippen MR) is 92.6 cm³/mol. The van der Waals surface area contributed by atoms with Crippen molar-refractivity contribution < 1.29 is 9.90 Å². The monoisotopic (exact) mass is 306 g/mol. The molecule has 1 aromatic rings. The summed E-state index contributed by atoms with van der Waals surface area (Å²) in [4.78, 5) is 14.0. The molecule has 0 radical (unpaired) electrons. The molecule has 0 aliphatic rings. The Morgan fingerprint density at radius 1 is 1.14 bits per heavy atom. The first-order chi connectivity index (χ1) is 10.2. The molecular weight excluding hydrogens is 276 g/mol. The van der Waals surface area contributed by atoms with Gasteiger partial charge in [0.15, 0.2) is 0 Å². The minimum atomic E-state index is -0.399. The van der Waals surface area contributed by atoms with Crippen LogP contribution in [0.3, 0.4) is 0 Å². The number of nitrogens with zero attached hydrogens (tertiary/aromatic N) is 1. The minimum Gasteiger partial charge on any atom is -0.393 e. The molecule has 4 heteroatoms. The third kappa shape index (κ3) is 5.02. The Labute approximate surface area is 134 Å². The van der Waals surface area contributed by atoms with Crippen molar-refractivity contribution in [1.29, 1.82) is 0 Å². The van der Waals surface area contributed by atoms with Crippen molar-refractivity contribution in [2.75, 3.05) is 18.9 Å².